The molecule has 1 aliphatic heterocycles. The number of hydrogen-bond donors (Lipinski definition) is 0. The number of aromatic nitrogens is 2. The van der Waals surface area contributed by atoms with Crippen LogP contribution < -0.4 is 18.9 Å². The maximum Gasteiger partial charge on any atom is 0.247 e. The monoisotopic (exact) mass is 395 g/mol. The van der Waals surface area contributed by atoms with Gasteiger partial charge >= 0.3 is 0 Å². The van der Waals surface area contributed by atoms with Crippen LogP contribution in [0.25, 0.3) is 0 Å². The summed E-state index contributed by atoms with van der Waals surface area (Å²) in [6.45, 7) is 0.520. The van der Waals surface area contributed by atoms with Crippen LogP contribution in [0, 0.1) is 0 Å². The zero-order chi connectivity index (χ0) is 19.4. The maximum atomic E-state index is 13.1. The predicted molar refractivity (Wildman–Crippen MR) is 95.9 cm³/mol. The van der Waals surface area contributed by atoms with Gasteiger partial charge < -0.3 is 18.9 Å². The average Bonchev–Trinajstić information content (AvgIpc) is 3.17. The van der Waals surface area contributed by atoms with Crippen molar-refractivity contribution in [3.05, 3.63) is 30.6 Å². The second kappa shape index (κ2) is 7.97. The van der Waals surface area contributed by atoms with Crippen molar-refractivity contribution in [2.24, 2.45) is 0 Å². The third kappa shape index (κ3) is 4.06. The molecule has 1 fully saturated rings. The molecule has 1 saturated heterocycles. The van der Waals surface area contributed by atoms with Gasteiger partial charge in [-0.05, 0) is 18.6 Å². The van der Waals surface area contributed by atoms with E-state index < -0.39 is 10.0 Å². The quantitative estimate of drug-likeness (QED) is 0.693. The Balaban J connectivity index is 1.77. The van der Waals surface area contributed by atoms with E-state index in [-0.39, 0.29) is 29.2 Å². The number of hydrogen-bond acceptors (Lipinski definition) is 8. The Labute approximate surface area is 157 Å². The van der Waals surface area contributed by atoms with Crippen LogP contribution in [0.4, 0.5) is 0 Å². The number of ether oxygens (including phenoxy) is 4. The van der Waals surface area contributed by atoms with E-state index in [4.69, 9.17) is 18.9 Å². The highest BCUT2D eigenvalue weighted by molar-refractivity contribution is 7.89. The largest absolute Gasteiger partial charge is 0.497 e. The number of rotatable bonds is 7. The van der Waals surface area contributed by atoms with Gasteiger partial charge in [0.15, 0.2) is 0 Å². The highest BCUT2D eigenvalue weighted by Crippen LogP contribution is 2.32. The highest BCUT2D eigenvalue weighted by atomic mass is 32.2. The van der Waals surface area contributed by atoms with Gasteiger partial charge in [-0.2, -0.15) is 9.29 Å². The van der Waals surface area contributed by atoms with Gasteiger partial charge in [-0.25, -0.2) is 8.42 Å². The van der Waals surface area contributed by atoms with E-state index in [1.165, 1.54) is 44.1 Å². The third-order valence-electron chi connectivity index (χ3n) is 4.18. The fraction of sp³-hybridized carbons (Fsp3) is 0.412. The standard InChI is InChI=1S/C17H21N3O6S/c1-23-12-4-5-14(24-2)15(8-12)27(21,22)20-7-6-13(11-20)26-17-10-18-9-16(19-17)25-3/h4-5,8-10,13H,6-7,11H2,1-3H3. The molecule has 0 aliphatic carbocycles. The lowest BCUT2D eigenvalue weighted by molar-refractivity contribution is 0.203. The van der Waals surface area contributed by atoms with Crippen molar-refractivity contribution in [2.45, 2.75) is 17.4 Å². The highest BCUT2D eigenvalue weighted by Gasteiger charge is 2.35. The number of benzene rings is 1. The molecule has 2 heterocycles. The Morgan fingerprint density at radius 3 is 2.56 bits per heavy atom. The molecule has 0 radical (unpaired) electrons. The van der Waals surface area contributed by atoms with E-state index in [9.17, 15) is 8.42 Å². The molecular formula is C17H21N3O6S. The molecule has 1 atom stereocenters. The lowest BCUT2D eigenvalue weighted by Gasteiger charge is -2.19. The molecule has 1 unspecified atom stereocenters. The Morgan fingerprint density at radius 2 is 1.85 bits per heavy atom. The second-order valence-corrected chi connectivity index (χ2v) is 7.71. The van der Waals surface area contributed by atoms with Gasteiger partial charge in [0.1, 0.15) is 22.5 Å². The third-order valence-corrected chi connectivity index (χ3v) is 6.07. The number of sulfonamides is 1. The van der Waals surface area contributed by atoms with Crippen LogP contribution in [0.2, 0.25) is 0 Å². The maximum absolute atomic E-state index is 13.1. The van der Waals surface area contributed by atoms with Crippen molar-refractivity contribution in [2.75, 3.05) is 34.4 Å². The smallest absolute Gasteiger partial charge is 0.247 e. The van der Waals surface area contributed by atoms with E-state index >= 15 is 0 Å². The lowest BCUT2D eigenvalue weighted by atomic mass is 10.3. The van der Waals surface area contributed by atoms with E-state index in [0.717, 1.165) is 0 Å². The fourth-order valence-electron chi connectivity index (χ4n) is 2.79. The Hall–Kier alpha value is -2.59. The van der Waals surface area contributed by atoms with Gasteiger partial charge in [0.2, 0.25) is 21.8 Å². The van der Waals surface area contributed by atoms with Crippen LogP contribution in [0.15, 0.2) is 35.5 Å². The van der Waals surface area contributed by atoms with Crippen LogP contribution in [0.3, 0.4) is 0 Å². The van der Waals surface area contributed by atoms with Crippen LogP contribution in [-0.2, 0) is 10.0 Å². The van der Waals surface area contributed by atoms with E-state index in [0.29, 0.717) is 24.6 Å². The first kappa shape index (κ1) is 19.2. The first-order valence-corrected chi connectivity index (χ1v) is 9.66. The summed E-state index contributed by atoms with van der Waals surface area (Å²) >= 11 is 0. The van der Waals surface area contributed by atoms with Gasteiger partial charge in [0.25, 0.3) is 0 Å². The van der Waals surface area contributed by atoms with Crippen molar-refractivity contribution in [3.8, 4) is 23.3 Å². The molecule has 9 nitrogen and oxygen atoms in total. The van der Waals surface area contributed by atoms with Crippen molar-refractivity contribution < 1.29 is 27.4 Å². The summed E-state index contributed by atoms with van der Waals surface area (Å²) in [6, 6.07) is 4.67. The van der Waals surface area contributed by atoms with E-state index in [1.807, 2.05) is 0 Å². The zero-order valence-corrected chi connectivity index (χ0v) is 16.1. The molecule has 1 aromatic carbocycles. The molecule has 146 valence electrons. The first-order chi connectivity index (χ1) is 13.0. The molecule has 27 heavy (non-hydrogen) atoms. The van der Waals surface area contributed by atoms with Gasteiger partial charge in [0.05, 0.1) is 40.3 Å². The summed E-state index contributed by atoms with van der Waals surface area (Å²) in [5.41, 5.74) is 0. The molecule has 0 N–H and O–H groups in total. The summed E-state index contributed by atoms with van der Waals surface area (Å²) < 4.78 is 48.6. The second-order valence-electron chi connectivity index (χ2n) is 5.81. The van der Waals surface area contributed by atoms with Gasteiger partial charge in [-0.1, -0.05) is 0 Å². The molecular weight excluding hydrogens is 374 g/mol. The summed E-state index contributed by atoms with van der Waals surface area (Å²) in [6.07, 6.45) is 3.13. The predicted octanol–water partition coefficient (Wildman–Crippen LogP) is 1.34. The first-order valence-electron chi connectivity index (χ1n) is 8.22. The van der Waals surface area contributed by atoms with Gasteiger partial charge in [-0.3, -0.25) is 4.98 Å². The van der Waals surface area contributed by atoms with E-state index in [2.05, 4.69) is 9.97 Å². The van der Waals surface area contributed by atoms with Crippen molar-refractivity contribution in [1.82, 2.24) is 14.3 Å². The minimum atomic E-state index is -3.76. The topological polar surface area (TPSA) is 100 Å². The summed E-state index contributed by atoms with van der Waals surface area (Å²) in [5.74, 6) is 1.32. The molecule has 0 saturated carbocycles. The van der Waals surface area contributed by atoms with Crippen LogP contribution >= 0.6 is 0 Å². The van der Waals surface area contributed by atoms with Crippen LogP contribution in [0.1, 0.15) is 6.42 Å². The van der Waals surface area contributed by atoms with Crippen LogP contribution in [-0.4, -0.2) is 63.2 Å². The summed E-state index contributed by atoms with van der Waals surface area (Å²) in [7, 11) is 0.629. The Bertz CT molecular complexity index is 905. The molecule has 0 amide bonds. The molecule has 2 aromatic rings. The van der Waals surface area contributed by atoms with E-state index in [1.54, 1.807) is 12.1 Å². The molecule has 3 rings (SSSR count). The van der Waals surface area contributed by atoms with Crippen LogP contribution in [0.5, 0.6) is 23.3 Å². The fourth-order valence-corrected chi connectivity index (χ4v) is 4.45. The molecule has 1 aliphatic rings. The Morgan fingerprint density at radius 1 is 1.07 bits per heavy atom. The lowest BCUT2D eigenvalue weighted by Crippen LogP contribution is -2.31. The van der Waals surface area contributed by atoms with Crippen molar-refractivity contribution in [1.29, 1.82) is 0 Å². The summed E-state index contributed by atoms with van der Waals surface area (Å²) in [4.78, 5) is 8.18. The SMILES string of the molecule is COc1ccc(OC)c(S(=O)(=O)N2CCC(Oc3cncc(OC)n3)C2)c1. The molecule has 0 spiro atoms. The van der Waals surface area contributed by atoms with Crippen molar-refractivity contribution >= 4 is 10.0 Å². The number of methoxy groups -OCH3 is 3. The Kier molecular flexibility index (Phi) is 5.66. The zero-order valence-electron chi connectivity index (χ0n) is 15.3. The summed E-state index contributed by atoms with van der Waals surface area (Å²) in [5, 5.41) is 0. The minimum Gasteiger partial charge on any atom is -0.497 e. The van der Waals surface area contributed by atoms with Gasteiger partial charge in [0, 0.05) is 12.6 Å². The normalized spacial score (nSPS) is 17.5. The van der Waals surface area contributed by atoms with Crippen molar-refractivity contribution in [3.63, 3.8) is 0 Å². The molecule has 0 bridgehead atoms. The molecule has 10 heteroatoms. The number of nitrogens with zero attached hydrogens (tertiary/aromatic N) is 3. The molecule has 1 aromatic heterocycles. The van der Waals surface area contributed by atoms with Gasteiger partial charge in [-0.15, -0.1) is 0 Å². The average molecular weight is 395 g/mol. The minimum absolute atomic E-state index is 0.0613.